The molecular formula is C34H43N3O5S. The topological polar surface area (TPSA) is 96.0 Å². The number of hydrogen-bond donors (Lipinski definition) is 1. The smallest absolute Gasteiger partial charge is 0.243 e. The van der Waals surface area contributed by atoms with Gasteiger partial charge in [-0.2, -0.15) is 0 Å². The van der Waals surface area contributed by atoms with Gasteiger partial charge in [-0.15, -0.1) is 0 Å². The van der Waals surface area contributed by atoms with E-state index >= 15 is 0 Å². The van der Waals surface area contributed by atoms with E-state index in [1.165, 1.54) is 17.8 Å². The van der Waals surface area contributed by atoms with Gasteiger partial charge < -0.3 is 15.0 Å². The molecule has 1 aliphatic rings. The SMILES string of the molecule is COc1cccc(CN(C(=O)CCCN(C)S(=O)(=O)c2ccccc2)[C@H](Cc2ccccc2)C(=O)NC2CCCCC2)c1. The normalized spacial score (nSPS) is 14.7. The number of hydrogen-bond acceptors (Lipinski definition) is 5. The van der Waals surface area contributed by atoms with E-state index in [2.05, 4.69) is 5.32 Å². The fraction of sp³-hybridized carbons (Fsp3) is 0.412. The van der Waals surface area contributed by atoms with Crippen molar-refractivity contribution in [2.24, 2.45) is 0 Å². The lowest BCUT2D eigenvalue weighted by atomic mass is 9.94. The molecule has 0 aliphatic heterocycles. The Morgan fingerprint density at radius 3 is 2.23 bits per heavy atom. The summed E-state index contributed by atoms with van der Waals surface area (Å²) < 4.78 is 32.7. The van der Waals surface area contributed by atoms with Gasteiger partial charge in [0.1, 0.15) is 11.8 Å². The molecule has 1 N–H and O–H groups in total. The largest absolute Gasteiger partial charge is 0.497 e. The van der Waals surface area contributed by atoms with Gasteiger partial charge in [-0.25, -0.2) is 12.7 Å². The Morgan fingerprint density at radius 1 is 0.907 bits per heavy atom. The van der Waals surface area contributed by atoms with Crippen LogP contribution in [0, 0.1) is 0 Å². The van der Waals surface area contributed by atoms with Gasteiger partial charge in [0.15, 0.2) is 0 Å². The molecule has 230 valence electrons. The van der Waals surface area contributed by atoms with Gasteiger partial charge in [0.25, 0.3) is 0 Å². The summed E-state index contributed by atoms with van der Waals surface area (Å²) in [6.45, 7) is 0.400. The second kappa shape index (κ2) is 15.7. The van der Waals surface area contributed by atoms with Crippen LogP contribution in [0.3, 0.4) is 0 Å². The molecule has 2 amide bonds. The van der Waals surface area contributed by atoms with Crippen LogP contribution in [-0.2, 0) is 32.6 Å². The van der Waals surface area contributed by atoms with Crippen LogP contribution >= 0.6 is 0 Å². The number of carbonyl (C=O) groups is 2. The van der Waals surface area contributed by atoms with Crippen LogP contribution in [0.15, 0.2) is 89.8 Å². The van der Waals surface area contributed by atoms with Crippen LogP contribution in [0.1, 0.15) is 56.1 Å². The predicted molar refractivity (Wildman–Crippen MR) is 168 cm³/mol. The summed E-state index contributed by atoms with van der Waals surface area (Å²) in [6.07, 6.45) is 6.01. The van der Waals surface area contributed by atoms with E-state index in [4.69, 9.17) is 4.74 Å². The molecule has 0 heterocycles. The van der Waals surface area contributed by atoms with Crippen LogP contribution in [0.5, 0.6) is 5.75 Å². The van der Waals surface area contributed by atoms with E-state index < -0.39 is 16.1 Å². The van der Waals surface area contributed by atoms with Crippen LogP contribution in [0.4, 0.5) is 0 Å². The number of nitrogens with one attached hydrogen (secondary N) is 1. The molecule has 0 saturated heterocycles. The molecule has 0 unspecified atom stereocenters. The van der Waals surface area contributed by atoms with Gasteiger partial charge in [0, 0.05) is 39.0 Å². The zero-order valence-electron chi connectivity index (χ0n) is 25.2. The molecule has 1 fully saturated rings. The standard InChI is InChI=1S/C34H43N3O5S/c1-36(43(40,41)31-20-10-5-11-21-31)23-13-22-33(38)37(26-28-16-12-19-30(24-28)42-2)32(25-27-14-6-3-7-15-27)34(39)35-29-17-8-4-9-18-29/h3,5-7,10-12,14-16,19-21,24,29,32H,4,8-9,13,17-18,22-23,25-26H2,1-2H3,(H,35,39)/t32-/m1/s1. The monoisotopic (exact) mass is 605 g/mol. The molecule has 1 aliphatic carbocycles. The maximum atomic E-state index is 14.0. The summed E-state index contributed by atoms with van der Waals surface area (Å²) >= 11 is 0. The van der Waals surface area contributed by atoms with Crippen molar-refractivity contribution in [3.05, 3.63) is 96.1 Å². The molecule has 9 heteroatoms. The lowest BCUT2D eigenvalue weighted by Crippen LogP contribution is -2.52. The third-order valence-electron chi connectivity index (χ3n) is 8.02. The molecule has 1 atom stereocenters. The van der Waals surface area contributed by atoms with Crippen molar-refractivity contribution in [1.29, 1.82) is 0 Å². The van der Waals surface area contributed by atoms with E-state index in [-0.39, 0.29) is 42.3 Å². The average molecular weight is 606 g/mol. The highest BCUT2D eigenvalue weighted by molar-refractivity contribution is 7.89. The second-order valence-electron chi connectivity index (χ2n) is 11.2. The molecule has 1 saturated carbocycles. The number of carbonyl (C=O) groups excluding carboxylic acids is 2. The van der Waals surface area contributed by atoms with Gasteiger partial charge in [-0.05, 0) is 54.7 Å². The first-order valence-corrected chi connectivity index (χ1v) is 16.5. The van der Waals surface area contributed by atoms with Crippen molar-refractivity contribution < 1.29 is 22.7 Å². The summed E-state index contributed by atoms with van der Waals surface area (Å²) in [5, 5.41) is 3.25. The zero-order chi connectivity index (χ0) is 30.7. The summed E-state index contributed by atoms with van der Waals surface area (Å²) in [4.78, 5) is 29.8. The maximum absolute atomic E-state index is 14.0. The first-order chi connectivity index (χ1) is 20.8. The van der Waals surface area contributed by atoms with Gasteiger partial charge in [0.05, 0.1) is 12.0 Å². The van der Waals surface area contributed by atoms with Crippen LogP contribution in [0.25, 0.3) is 0 Å². The highest BCUT2D eigenvalue weighted by atomic mass is 32.2. The van der Waals surface area contributed by atoms with Crippen LogP contribution in [0.2, 0.25) is 0 Å². The molecule has 0 bridgehead atoms. The van der Waals surface area contributed by atoms with Crippen molar-refractivity contribution in [3.8, 4) is 5.75 Å². The van der Waals surface area contributed by atoms with Crippen molar-refractivity contribution in [1.82, 2.24) is 14.5 Å². The number of rotatable bonds is 14. The highest BCUT2D eigenvalue weighted by Crippen LogP contribution is 2.22. The third-order valence-corrected chi connectivity index (χ3v) is 9.90. The lowest BCUT2D eigenvalue weighted by molar-refractivity contribution is -0.141. The second-order valence-corrected chi connectivity index (χ2v) is 13.2. The summed E-state index contributed by atoms with van der Waals surface area (Å²) in [5.74, 6) is 0.313. The first-order valence-electron chi connectivity index (χ1n) is 15.1. The van der Waals surface area contributed by atoms with Crippen molar-refractivity contribution in [2.75, 3.05) is 20.7 Å². The molecule has 43 heavy (non-hydrogen) atoms. The summed E-state index contributed by atoms with van der Waals surface area (Å²) in [5.41, 5.74) is 1.81. The van der Waals surface area contributed by atoms with E-state index in [1.807, 2.05) is 54.6 Å². The molecule has 0 spiro atoms. The molecular weight excluding hydrogens is 562 g/mol. The number of amides is 2. The van der Waals surface area contributed by atoms with E-state index in [9.17, 15) is 18.0 Å². The maximum Gasteiger partial charge on any atom is 0.243 e. The molecule has 3 aromatic carbocycles. The Balaban J connectivity index is 1.56. The van der Waals surface area contributed by atoms with Crippen molar-refractivity contribution >= 4 is 21.8 Å². The third kappa shape index (κ3) is 9.15. The van der Waals surface area contributed by atoms with Gasteiger partial charge in [-0.1, -0.05) is 79.9 Å². The van der Waals surface area contributed by atoms with E-state index in [0.29, 0.717) is 18.6 Å². The van der Waals surface area contributed by atoms with Gasteiger partial charge >= 0.3 is 0 Å². The molecule has 0 aromatic heterocycles. The number of nitrogens with zero attached hydrogens (tertiary/aromatic N) is 2. The quantitative estimate of drug-likeness (QED) is 0.273. The fourth-order valence-electron chi connectivity index (χ4n) is 5.55. The van der Waals surface area contributed by atoms with E-state index in [0.717, 1.165) is 36.8 Å². The lowest BCUT2D eigenvalue weighted by Gasteiger charge is -2.33. The van der Waals surface area contributed by atoms with Crippen molar-refractivity contribution in [2.45, 2.75) is 74.9 Å². The average Bonchev–Trinajstić information content (AvgIpc) is 3.04. The number of ether oxygens (including phenoxy) is 1. The van der Waals surface area contributed by atoms with Gasteiger partial charge in [0.2, 0.25) is 21.8 Å². The summed E-state index contributed by atoms with van der Waals surface area (Å²) in [7, 11) is -0.550. The first kappa shape index (κ1) is 32.2. The molecule has 3 aromatic rings. The Morgan fingerprint density at radius 2 is 1.56 bits per heavy atom. The zero-order valence-corrected chi connectivity index (χ0v) is 26.0. The Labute approximate surface area is 256 Å². The van der Waals surface area contributed by atoms with Gasteiger partial charge in [-0.3, -0.25) is 9.59 Å². The fourth-order valence-corrected chi connectivity index (χ4v) is 6.79. The van der Waals surface area contributed by atoms with Crippen molar-refractivity contribution in [3.63, 3.8) is 0 Å². The Kier molecular flexibility index (Phi) is 11.8. The number of sulfonamides is 1. The Bertz CT molecular complexity index is 1430. The highest BCUT2D eigenvalue weighted by Gasteiger charge is 2.32. The van der Waals surface area contributed by atoms with Crippen LogP contribution < -0.4 is 10.1 Å². The Hall–Kier alpha value is -3.69. The van der Waals surface area contributed by atoms with Crippen LogP contribution in [-0.4, -0.2) is 62.2 Å². The van der Waals surface area contributed by atoms with E-state index in [1.54, 1.807) is 42.3 Å². The minimum absolute atomic E-state index is 0.0978. The predicted octanol–water partition coefficient (Wildman–Crippen LogP) is 5.18. The molecule has 8 nitrogen and oxygen atoms in total. The molecule has 0 radical (unpaired) electrons. The number of benzene rings is 3. The minimum atomic E-state index is -3.67. The summed E-state index contributed by atoms with van der Waals surface area (Å²) in [6, 6.07) is 24.9. The molecule has 4 rings (SSSR count). The number of methoxy groups -OCH3 is 1. The minimum Gasteiger partial charge on any atom is -0.497 e.